The van der Waals surface area contributed by atoms with Crippen LogP contribution in [0.25, 0.3) is 10.9 Å². The van der Waals surface area contributed by atoms with Crippen LogP contribution in [0.1, 0.15) is 30.1 Å². The van der Waals surface area contributed by atoms with Crippen molar-refractivity contribution in [2.24, 2.45) is 0 Å². The summed E-state index contributed by atoms with van der Waals surface area (Å²) < 4.78 is 17.2. The lowest BCUT2D eigenvalue weighted by atomic mass is 10.1. The molecule has 2 heterocycles. The zero-order valence-corrected chi connectivity index (χ0v) is 15.1. The van der Waals surface area contributed by atoms with Crippen LogP contribution in [-0.4, -0.2) is 41.8 Å². The summed E-state index contributed by atoms with van der Waals surface area (Å²) in [5.41, 5.74) is -1.04. The first-order valence-electron chi connectivity index (χ1n) is 8.60. The molecule has 6 nitrogen and oxygen atoms in total. The highest BCUT2D eigenvalue weighted by atomic mass is 35.5. The van der Waals surface area contributed by atoms with Gasteiger partial charge < -0.3 is 19.9 Å². The van der Waals surface area contributed by atoms with E-state index in [0.717, 1.165) is 25.9 Å². The molecule has 2 aromatic rings. The third-order valence-corrected chi connectivity index (χ3v) is 5.66. The summed E-state index contributed by atoms with van der Waals surface area (Å²) in [6, 6.07) is 1.41. The molecular weight excluding hydrogens is 361 g/mol. The van der Waals surface area contributed by atoms with E-state index < -0.39 is 17.2 Å². The van der Waals surface area contributed by atoms with Crippen LogP contribution in [0.5, 0.6) is 0 Å². The number of hydrogen-bond donors (Lipinski definition) is 2. The van der Waals surface area contributed by atoms with Gasteiger partial charge in [-0.15, -0.1) is 0 Å². The van der Waals surface area contributed by atoms with Gasteiger partial charge >= 0.3 is 5.97 Å². The first kappa shape index (κ1) is 17.3. The number of halogens is 2. The standard InChI is InChI=1S/C18H19ClFN3O3/c1-18(2-3-18)23-9-11(17(25)26)16(24)10-8-12(19)15(13(20)14(10)23)22-6-4-21-5-7-22/h8-9,21H,2-7H2,1H3,(H,25,26). The maximum atomic E-state index is 15.6. The number of carboxylic acid groups (broad SMARTS) is 1. The fraction of sp³-hybridized carbons (Fsp3) is 0.444. The first-order valence-corrected chi connectivity index (χ1v) is 8.98. The minimum Gasteiger partial charge on any atom is -0.477 e. The molecule has 2 aliphatic rings. The third kappa shape index (κ3) is 2.57. The Kier molecular flexibility index (Phi) is 3.96. The molecule has 0 unspecified atom stereocenters. The number of aromatic nitrogens is 1. The number of fused-ring (bicyclic) bond motifs is 1. The van der Waals surface area contributed by atoms with Crippen LogP contribution in [0.2, 0.25) is 5.02 Å². The highest BCUT2D eigenvalue weighted by Gasteiger charge is 2.41. The van der Waals surface area contributed by atoms with Crippen LogP contribution >= 0.6 is 11.6 Å². The number of aromatic carboxylic acids is 1. The van der Waals surface area contributed by atoms with Gasteiger partial charge in [-0.3, -0.25) is 4.79 Å². The van der Waals surface area contributed by atoms with E-state index in [-0.39, 0.29) is 32.7 Å². The first-order chi connectivity index (χ1) is 12.3. The number of pyridine rings is 1. The van der Waals surface area contributed by atoms with Crippen LogP contribution < -0.4 is 15.6 Å². The molecule has 1 aromatic carbocycles. The maximum absolute atomic E-state index is 15.6. The Bertz CT molecular complexity index is 978. The van der Waals surface area contributed by atoms with E-state index in [0.29, 0.717) is 13.1 Å². The van der Waals surface area contributed by atoms with Crippen molar-refractivity contribution in [2.75, 3.05) is 31.1 Å². The monoisotopic (exact) mass is 379 g/mol. The van der Waals surface area contributed by atoms with E-state index in [4.69, 9.17) is 11.6 Å². The van der Waals surface area contributed by atoms with Gasteiger partial charge in [0, 0.05) is 37.9 Å². The SMILES string of the molecule is CC1(n2cc(C(=O)O)c(=O)c3cc(Cl)c(N4CCNCC4)c(F)c32)CC1. The molecule has 1 aromatic heterocycles. The fourth-order valence-corrected chi connectivity index (χ4v) is 3.89. The predicted octanol–water partition coefficient (Wildman–Crippen LogP) is 2.41. The van der Waals surface area contributed by atoms with Crippen LogP contribution in [0, 0.1) is 5.82 Å². The Balaban J connectivity index is 2.06. The van der Waals surface area contributed by atoms with Gasteiger partial charge in [-0.05, 0) is 25.8 Å². The minimum absolute atomic E-state index is 0.0133. The lowest BCUT2D eigenvalue weighted by molar-refractivity contribution is 0.0694. The molecule has 1 saturated heterocycles. The zero-order chi connectivity index (χ0) is 18.6. The zero-order valence-electron chi connectivity index (χ0n) is 14.3. The Labute approximate surface area is 154 Å². The van der Waals surface area contributed by atoms with Gasteiger partial charge in [0.25, 0.3) is 0 Å². The molecule has 0 amide bonds. The summed E-state index contributed by atoms with van der Waals surface area (Å²) in [5.74, 6) is -1.88. The molecule has 8 heteroatoms. The van der Waals surface area contributed by atoms with E-state index in [1.54, 1.807) is 4.57 Å². The van der Waals surface area contributed by atoms with E-state index in [2.05, 4.69) is 5.32 Å². The second-order valence-corrected chi connectivity index (χ2v) is 7.61. The summed E-state index contributed by atoms with van der Waals surface area (Å²) in [6.45, 7) is 4.58. The van der Waals surface area contributed by atoms with E-state index in [1.165, 1.54) is 12.3 Å². The molecule has 1 aliphatic heterocycles. The lowest BCUT2D eigenvalue weighted by Gasteiger charge is -2.31. The second kappa shape index (κ2) is 5.96. The van der Waals surface area contributed by atoms with Gasteiger partial charge in [-0.1, -0.05) is 11.6 Å². The van der Waals surface area contributed by atoms with Gasteiger partial charge in [-0.2, -0.15) is 0 Å². The van der Waals surface area contributed by atoms with Crippen molar-refractivity contribution < 1.29 is 14.3 Å². The van der Waals surface area contributed by atoms with Crippen molar-refractivity contribution in [2.45, 2.75) is 25.3 Å². The van der Waals surface area contributed by atoms with Gasteiger partial charge in [0.2, 0.25) is 5.43 Å². The molecule has 2 N–H and O–H groups in total. The van der Waals surface area contributed by atoms with Crippen molar-refractivity contribution in [3.8, 4) is 0 Å². The molecule has 1 saturated carbocycles. The second-order valence-electron chi connectivity index (χ2n) is 7.20. The van der Waals surface area contributed by atoms with Gasteiger partial charge in [0.05, 0.1) is 21.6 Å². The minimum atomic E-state index is -1.32. The number of piperazine rings is 1. The number of anilines is 1. The summed E-state index contributed by atoms with van der Waals surface area (Å²) >= 11 is 6.33. The number of hydrogen-bond acceptors (Lipinski definition) is 4. The topological polar surface area (TPSA) is 74.6 Å². The smallest absolute Gasteiger partial charge is 0.341 e. The summed E-state index contributed by atoms with van der Waals surface area (Å²) in [5, 5.41) is 12.7. The van der Waals surface area contributed by atoms with Crippen LogP contribution in [0.4, 0.5) is 10.1 Å². The highest BCUT2D eigenvalue weighted by molar-refractivity contribution is 6.34. The van der Waals surface area contributed by atoms with Crippen LogP contribution in [0.3, 0.4) is 0 Å². The number of nitrogens with zero attached hydrogens (tertiary/aromatic N) is 2. The molecule has 1 aliphatic carbocycles. The largest absolute Gasteiger partial charge is 0.477 e. The summed E-state index contributed by atoms with van der Waals surface area (Å²) in [6.07, 6.45) is 2.88. The number of carbonyl (C=O) groups is 1. The Morgan fingerprint density at radius 1 is 1.35 bits per heavy atom. The van der Waals surface area contributed by atoms with Crippen LogP contribution in [0.15, 0.2) is 17.1 Å². The molecule has 26 heavy (non-hydrogen) atoms. The molecule has 0 atom stereocenters. The van der Waals surface area contributed by atoms with Gasteiger partial charge in [-0.25, -0.2) is 9.18 Å². The molecule has 0 spiro atoms. The van der Waals surface area contributed by atoms with Crippen molar-refractivity contribution in [1.29, 1.82) is 0 Å². The quantitative estimate of drug-likeness (QED) is 0.856. The highest BCUT2D eigenvalue weighted by Crippen LogP contribution is 2.46. The summed E-state index contributed by atoms with van der Waals surface area (Å²) in [4.78, 5) is 26.0. The number of benzene rings is 1. The molecule has 2 fully saturated rings. The van der Waals surface area contributed by atoms with Crippen molar-refractivity contribution >= 4 is 34.2 Å². The average Bonchev–Trinajstić information content (AvgIpc) is 3.35. The lowest BCUT2D eigenvalue weighted by Crippen LogP contribution is -2.44. The number of nitrogens with one attached hydrogen (secondary N) is 1. The molecule has 0 radical (unpaired) electrons. The normalized spacial score (nSPS) is 19.0. The number of rotatable bonds is 3. The molecule has 4 rings (SSSR count). The van der Waals surface area contributed by atoms with Crippen molar-refractivity contribution in [1.82, 2.24) is 9.88 Å². The molecular formula is C18H19ClFN3O3. The summed E-state index contributed by atoms with van der Waals surface area (Å²) in [7, 11) is 0. The Hall–Kier alpha value is -2.12. The average molecular weight is 380 g/mol. The Morgan fingerprint density at radius 2 is 2.00 bits per heavy atom. The predicted molar refractivity (Wildman–Crippen MR) is 98.1 cm³/mol. The molecule has 0 bridgehead atoms. The van der Waals surface area contributed by atoms with Gasteiger partial charge in [0.1, 0.15) is 5.56 Å². The number of carboxylic acids is 1. The fourth-order valence-electron chi connectivity index (χ4n) is 3.58. The van der Waals surface area contributed by atoms with Gasteiger partial charge in [0.15, 0.2) is 5.82 Å². The van der Waals surface area contributed by atoms with Crippen molar-refractivity contribution in [3.05, 3.63) is 38.9 Å². The Morgan fingerprint density at radius 3 is 2.58 bits per heavy atom. The van der Waals surface area contributed by atoms with Crippen LogP contribution in [-0.2, 0) is 5.54 Å². The van der Waals surface area contributed by atoms with E-state index >= 15 is 4.39 Å². The van der Waals surface area contributed by atoms with Crippen molar-refractivity contribution in [3.63, 3.8) is 0 Å². The molecule has 138 valence electrons. The van der Waals surface area contributed by atoms with E-state index in [1.807, 2.05) is 11.8 Å². The maximum Gasteiger partial charge on any atom is 0.341 e. The van der Waals surface area contributed by atoms with E-state index in [9.17, 15) is 14.7 Å². The third-order valence-electron chi connectivity index (χ3n) is 5.38.